The van der Waals surface area contributed by atoms with E-state index in [4.69, 9.17) is 16.9 Å². The highest BCUT2D eigenvalue weighted by atomic mass is 35.5. The van der Waals surface area contributed by atoms with Crippen LogP contribution in [0.3, 0.4) is 0 Å². The molecule has 130 valence electrons. The summed E-state index contributed by atoms with van der Waals surface area (Å²) in [5, 5.41) is 12.6. The van der Waals surface area contributed by atoms with Crippen LogP contribution in [0.5, 0.6) is 0 Å². The minimum Gasteiger partial charge on any atom is -0.366 e. The van der Waals surface area contributed by atoms with Gasteiger partial charge in [-0.05, 0) is 55.1 Å². The van der Waals surface area contributed by atoms with Gasteiger partial charge in [-0.15, -0.1) is 0 Å². The highest BCUT2D eigenvalue weighted by molar-refractivity contribution is 6.31. The molecule has 2 heterocycles. The summed E-state index contributed by atoms with van der Waals surface area (Å²) in [7, 11) is 0. The fraction of sp³-hybridized carbons (Fsp3) is 0.400. The Morgan fingerprint density at radius 1 is 1.16 bits per heavy atom. The molecule has 1 fully saturated rings. The molecule has 1 aromatic carbocycles. The first-order chi connectivity index (χ1) is 12.1. The number of piperidine rings is 1. The van der Waals surface area contributed by atoms with E-state index in [-0.39, 0.29) is 5.69 Å². The van der Waals surface area contributed by atoms with E-state index >= 15 is 0 Å². The third kappa shape index (κ3) is 4.94. The standard InChI is InChI=1S/C20H23ClN4/c1-15-8-10-25(11-9-15)14-17-4-2-16(3-5-17)13-23-20-7-6-18(21)19(12-22)24-20/h2-7,15H,8-11,13-14H2,1H3,(H,23,24). The molecule has 0 radical (unpaired) electrons. The van der Waals surface area contributed by atoms with Gasteiger partial charge in [0.25, 0.3) is 0 Å². The molecule has 0 atom stereocenters. The van der Waals surface area contributed by atoms with Crippen LogP contribution in [0.25, 0.3) is 0 Å². The second kappa shape index (κ2) is 8.33. The van der Waals surface area contributed by atoms with Crippen LogP contribution >= 0.6 is 11.6 Å². The number of aromatic nitrogens is 1. The van der Waals surface area contributed by atoms with Crippen LogP contribution in [0, 0.1) is 17.2 Å². The summed E-state index contributed by atoms with van der Waals surface area (Å²) < 4.78 is 0. The molecular formula is C20H23ClN4. The molecule has 0 spiro atoms. The van der Waals surface area contributed by atoms with E-state index in [1.54, 1.807) is 12.1 Å². The zero-order valence-electron chi connectivity index (χ0n) is 14.5. The van der Waals surface area contributed by atoms with Crippen LogP contribution in [-0.4, -0.2) is 23.0 Å². The van der Waals surface area contributed by atoms with Crippen LogP contribution in [0.4, 0.5) is 5.82 Å². The monoisotopic (exact) mass is 354 g/mol. The quantitative estimate of drug-likeness (QED) is 0.861. The molecule has 0 aliphatic carbocycles. The largest absolute Gasteiger partial charge is 0.366 e. The van der Waals surface area contributed by atoms with Gasteiger partial charge in [-0.3, -0.25) is 4.90 Å². The minimum atomic E-state index is 0.248. The lowest BCUT2D eigenvalue weighted by Crippen LogP contribution is -2.32. The molecular weight excluding hydrogens is 332 g/mol. The van der Waals surface area contributed by atoms with E-state index in [1.807, 2.05) is 6.07 Å². The highest BCUT2D eigenvalue weighted by Crippen LogP contribution is 2.19. The number of nitrogens with zero attached hydrogens (tertiary/aromatic N) is 3. The van der Waals surface area contributed by atoms with E-state index in [9.17, 15) is 0 Å². The lowest BCUT2D eigenvalue weighted by molar-refractivity contribution is 0.185. The Morgan fingerprint density at radius 2 is 1.84 bits per heavy atom. The maximum Gasteiger partial charge on any atom is 0.161 e. The molecule has 1 N–H and O–H groups in total. The van der Waals surface area contributed by atoms with Gasteiger partial charge in [0.15, 0.2) is 5.69 Å². The molecule has 3 rings (SSSR count). The normalized spacial score (nSPS) is 15.7. The molecule has 0 unspecified atom stereocenters. The molecule has 0 saturated carbocycles. The summed E-state index contributed by atoms with van der Waals surface area (Å²) >= 11 is 5.90. The van der Waals surface area contributed by atoms with Gasteiger partial charge in [-0.1, -0.05) is 42.8 Å². The number of anilines is 1. The van der Waals surface area contributed by atoms with Crippen LogP contribution in [-0.2, 0) is 13.1 Å². The Labute approximate surface area is 154 Å². The first-order valence-corrected chi connectivity index (χ1v) is 9.12. The lowest BCUT2D eigenvalue weighted by Gasteiger charge is -2.30. The molecule has 0 amide bonds. The van der Waals surface area contributed by atoms with Gasteiger partial charge in [0.1, 0.15) is 11.9 Å². The fourth-order valence-corrected chi connectivity index (χ4v) is 3.20. The van der Waals surface area contributed by atoms with Crippen molar-refractivity contribution in [3.63, 3.8) is 0 Å². The average molecular weight is 355 g/mol. The smallest absolute Gasteiger partial charge is 0.161 e. The Hall–Kier alpha value is -2.09. The van der Waals surface area contributed by atoms with Gasteiger partial charge in [0, 0.05) is 13.1 Å². The van der Waals surface area contributed by atoms with Crippen molar-refractivity contribution in [1.82, 2.24) is 9.88 Å². The van der Waals surface area contributed by atoms with E-state index < -0.39 is 0 Å². The number of halogens is 1. The molecule has 1 aliphatic heterocycles. The van der Waals surface area contributed by atoms with Crippen molar-refractivity contribution in [2.24, 2.45) is 5.92 Å². The topological polar surface area (TPSA) is 52.0 Å². The number of nitrogens with one attached hydrogen (secondary N) is 1. The van der Waals surface area contributed by atoms with Crippen LogP contribution in [0.2, 0.25) is 5.02 Å². The van der Waals surface area contributed by atoms with Crippen molar-refractivity contribution < 1.29 is 0 Å². The van der Waals surface area contributed by atoms with Crippen molar-refractivity contribution in [2.75, 3.05) is 18.4 Å². The average Bonchev–Trinajstić information content (AvgIpc) is 2.64. The number of rotatable bonds is 5. The maximum absolute atomic E-state index is 8.98. The number of pyridine rings is 1. The summed E-state index contributed by atoms with van der Waals surface area (Å²) in [6.45, 7) is 6.45. The summed E-state index contributed by atoms with van der Waals surface area (Å²) in [4.78, 5) is 6.73. The second-order valence-electron chi connectivity index (χ2n) is 6.77. The van der Waals surface area contributed by atoms with Crippen molar-refractivity contribution in [3.8, 4) is 6.07 Å². The number of benzene rings is 1. The molecule has 5 heteroatoms. The molecule has 4 nitrogen and oxygen atoms in total. The lowest BCUT2D eigenvalue weighted by atomic mass is 9.99. The van der Waals surface area contributed by atoms with Crippen LogP contribution in [0.15, 0.2) is 36.4 Å². The molecule has 1 aliphatic rings. The summed E-state index contributed by atoms with van der Waals surface area (Å²) in [6, 6.07) is 14.2. The molecule has 2 aromatic rings. The minimum absolute atomic E-state index is 0.248. The number of nitriles is 1. The fourth-order valence-electron chi connectivity index (χ4n) is 3.05. The van der Waals surface area contributed by atoms with Crippen molar-refractivity contribution in [1.29, 1.82) is 5.26 Å². The van der Waals surface area contributed by atoms with Gasteiger partial charge in [-0.2, -0.15) is 5.26 Å². The third-order valence-electron chi connectivity index (χ3n) is 4.73. The van der Waals surface area contributed by atoms with Gasteiger partial charge >= 0.3 is 0 Å². The summed E-state index contributed by atoms with van der Waals surface area (Å²) in [5.74, 6) is 1.53. The Balaban J connectivity index is 1.53. The second-order valence-corrected chi connectivity index (χ2v) is 7.17. The molecule has 25 heavy (non-hydrogen) atoms. The van der Waals surface area contributed by atoms with E-state index in [0.717, 1.165) is 12.5 Å². The van der Waals surface area contributed by atoms with Gasteiger partial charge < -0.3 is 5.32 Å². The predicted octanol–water partition coefficient (Wildman–Crippen LogP) is 4.45. The van der Waals surface area contributed by atoms with Crippen molar-refractivity contribution >= 4 is 17.4 Å². The van der Waals surface area contributed by atoms with Crippen molar-refractivity contribution in [2.45, 2.75) is 32.9 Å². The Kier molecular flexibility index (Phi) is 5.91. The van der Waals surface area contributed by atoms with Crippen molar-refractivity contribution in [3.05, 3.63) is 58.2 Å². The zero-order valence-corrected chi connectivity index (χ0v) is 15.3. The molecule has 0 bridgehead atoms. The maximum atomic E-state index is 8.98. The summed E-state index contributed by atoms with van der Waals surface area (Å²) in [5.41, 5.74) is 2.79. The number of likely N-dealkylation sites (tertiary alicyclic amines) is 1. The van der Waals surface area contributed by atoms with E-state index in [0.29, 0.717) is 17.4 Å². The summed E-state index contributed by atoms with van der Waals surface area (Å²) in [6.07, 6.45) is 2.61. The zero-order chi connectivity index (χ0) is 17.6. The number of hydrogen-bond acceptors (Lipinski definition) is 4. The first-order valence-electron chi connectivity index (χ1n) is 8.75. The Morgan fingerprint density at radius 3 is 2.52 bits per heavy atom. The highest BCUT2D eigenvalue weighted by Gasteiger charge is 2.15. The first kappa shape index (κ1) is 17.7. The predicted molar refractivity (Wildman–Crippen MR) is 101 cm³/mol. The molecule has 1 aromatic heterocycles. The Bertz CT molecular complexity index is 743. The van der Waals surface area contributed by atoms with E-state index in [1.165, 1.54) is 37.1 Å². The van der Waals surface area contributed by atoms with Crippen LogP contribution in [0.1, 0.15) is 36.6 Å². The van der Waals surface area contributed by atoms with Gasteiger partial charge in [0.05, 0.1) is 5.02 Å². The molecule has 1 saturated heterocycles. The van der Waals surface area contributed by atoms with Gasteiger partial charge in [-0.25, -0.2) is 4.98 Å². The van der Waals surface area contributed by atoms with E-state index in [2.05, 4.69) is 46.4 Å². The van der Waals surface area contributed by atoms with Gasteiger partial charge in [0.2, 0.25) is 0 Å². The SMILES string of the molecule is CC1CCN(Cc2ccc(CNc3ccc(Cl)c(C#N)n3)cc2)CC1. The number of hydrogen-bond donors (Lipinski definition) is 1. The van der Waals surface area contributed by atoms with Crippen LogP contribution < -0.4 is 5.32 Å². The third-order valence-corrected chi connectivity index (χ3v) is 5.04.